The Bertz CT molecular complexity index is 1260. The van der Waals surface area contributed by atoms with Crippen molar-refractivity contribution in [3.63, 3.8) is 0 Å². The van der Waals surface area contributed by atoms with Gasteiger partial charge in [0.2, 0.25) is 0 Å². The standard InChI is InChI=1S/C22H24F2O7S2.CH4/c1-29-14-3-5-15(6-4-14)33(27,28)22-10-11-30-19(9-12-32(2,25)26)16(22)13-31-21-18(24)8-7-17(23)20(21)22;/h3-8,16,19H,9-13H2,1-2H3;1H4/t16?,19-,22-;/m0./s1. The van der Waals surface area contributed by atoms with Gasteiger partial charge in [-0.25, -0.2) is 25.6 Å². The zero-order chi connectivity index (χ0) is 24.0. The number of methoxy groups -OCH3 is 1. The van der Waals surface area contributed by atoms with E-state index in [9.17, 15) is 21.2 Å². The van der Waals surface area contributed by atoms with Crippen LogP contribution in [-0.2, 0) is 29.2 Å². The van der Waals surface area contributed by atoms with Crippen molar-refractivity contribution in [2.45, 2.75) is 36.0 Å². The van der Waals surface area contributed by atoms with Crippen molar-refractivity contribution in [2.75, 3.05) is 32.3 Å². The molecule has 0 N–H and O–H groups in total. The van der Waals surface area contributed by atoms with Gasteiger partial charge < -0.3 is 14.2 Å². The van der Waals surface area contributed by atoms with Crippen LogP contribution < -0.4 is 9.47 Å². The topological polar surface area (TPSA) is 96.0 Å². The Balaban J connectivity index is 0.00000324. The van der Waals surface area contributed by atoms with Gasteiger partial charge in [0, 0.05) is 18.8 Å². The number of benzene rings is 2. The van der Waals surface area contributed by atoms with Gasteiger partial charge in [0.1, 0.15) is 26.2 Å². The summed E-state index contributed by atoms with van der Waals surface area (Å²) in [7, 11) is -6.25. The molecule has 188 valence electrons. The Morgan fingerprint density at radius 2 is 1.71 bits per heavy atom. The lowest BCUT2D eigenvalue weighted by molar-refractivity contribution is -0.0732. The van der Waals surface area contributed by atoms with Crippen molar-refractivity contribution in [3.05, 3.63) is 53.6 Å². The van der Waals surface area contributed by atoms with Crippen LogP contribution in [0.2, 0.25) is 0 Å². The van der Waals surface area contributed by atoms with Crippen LogP contribution in [-0.4, -0.2) is 55.3 Å². The van der Waals surface area contributed by atoms with Gasteiger partial charge in [-0.05, 0) is 49.2 Å². The van der Waals surface area contributed by atoms with Crippen LogP contribution in [0.4, 0.5) is 8.78 Å². The van der Waals surface area contributed by atoms with E-state index in [0.717, 1.165) is 18.4 Å². The van der Waals surface area contributed by atoms with Gasteiger partial charge in [-0.1, -0.05) is 7.43 Å². The van der Waals surface area contributed by atoms with Crippen LogP contribution in [0.1, 0.15) is 25.8 Å². The highest BCUT2D eigenvalue weighted by atomic mass is 32.2. The quantitative estimate of drug-likeness (QED) is 0.577. The summed E-state index contributed by atoms with van der Waals surface area (Å²) >= 11 is 0. The van der Waals surface area contributed by atoms with E-state index in [0.29, 0.717) is 5.75 Å². The number of fused-ring (bicyclic) bond motifs is 3. The maximum atomic E-state index is 15.3. The molecule has 0 spiro atoms. The molecule has 1 saturated heterocycles. The van der Waals surface area contributed by atoms with E-state index in [1.54, 1.807) is 0 Å². The van der Waals surface area contributed by atoms with Crippen LogP contribution in [0.5, 0.6) is 11.5 Å². The molecule has 0 aromatic heterocycles. The van der Waals surface area contributed by atoms with Crippen molar-refractivity contribution in [1.29, 1.82) is 0 Å². The van der Waals surface area contributed by atoms with Crippen LogP contribution in [0.3, 0.4) is 0 Å². The van der Waals surface area contributed by atoms with Crippen LogP contribution in [0, 0.1) is 17.6 Å². The normalized spacial score (nSPS) is 24.2. The molecule has 34 heavy (non-hydrogen) atoms. The minimum atomic E-state index is -4.32. The molecule has 2 aromatic rings. The third-order valence-electron chi connectivity index (χ3n) is 6.36. The lowest BCUT2D eigenvalue weighted by atomic mass is 9.75. The molecule has 2 heterocycles. The lowest BCUT2D eigenvalue weighted by Crippen LogP contribution is -2.57. The highest BCUT2D eigenvalue weighted by molar-refractivity contribution is 7.92. The Morgan fingerprint density at radius 3 is 2.32 bits per heavy atom. The second-order valence-electron chi connectivity index (χ2n) is 8.30. The van der Waals surface area contributed by atoms with Crippen LogP contribution in [0.25, 0.3) is 0 Å². The Hall–Kier alpha value is -2.24. The molecule has 7 nitrogen and oxygen atoms in total. The van der Waals surface area contributed by atoms with E-state index in [1.807, 2.05) is 0 Å². The molecule has 11 heteroatoms. The smallest absolute Gasteiger partial charge is 0.189 e. The summed E-state index contributed by atoms with van der Waals surface area (Å²) in [5, 5.41) is 0. The van der Waals surface area contributed by atoms with Crippen molar-refractivity contribution >= 4 is 19.7 Å². The van der Waals surface area contributed by atoms with Crippen LogP contribution in [0.15, 0.2) is 41.3 Å². The number of ether oxygens (including phenoxy) is 3. The summed E-state index contributed by atoms with van der Waals surface area (Å²) in [5.41, 5.74) is -0.373. The van der Waals surface area contributed by atoms with Gasteiger partial charge in [-0.2, -0.15) is 0 Å². The molecule has 2 aliphatic rings. The molecule has 0 radical (unpaired) electrons. The molecule has 0 aliphatic carbocycles. The number of hydrogen-bond donors (Lipinski definition) is 0. The number of rotatable bonds is 6. The van der Waals surface area contributed by atoms with Gasteiger partial charge in [0.05, 0.1) is 36.0 Å². The zero-order valence-corrected chi connectivity index (χ0v) is 19.7. The van der Waals surface area contributed by atoms with Gasteiger partial charge in [0.15, 0.2) is 21.4 Å². The molecule has 1 unspecified atom stereocenters. The third kappa shape index (κ3) is 4.29. The van der Waals surface area contributed by atoms with E-state index in [4.69, 9.17) is 14.2 Å². The minimum Gasteiger partial charge on any atom is -0.497 e. The maximum Gasteiger partial charge on any atom is 0.189 e. The van der Waals surface area contributed by atoms with Crippen LogP contribution >= 0.6 is 0 Å². The molecular formula is C23H28F2O7S2. The monoisotopic (exact) mass is 518 g/mol. The summed E-state index contributed by atoms with van der Waals surface area (Å²) in [6.07, 6.45) is 0.0769. The SMILES string of the molecule is C.COc1ccc(S(=O)(=O)[C@@]23CCO[C@@H](CCS(C)(=O)=O)C2COc2c(F)ccc(F)c23)cc1. The van der Waals surface area contributed by atoms with Gasteiger partial charge >= 0.3 is 0 Å². The maximum absolute atomic E-state index is 15.3. The van der Waals surface area contributed by atoms with E-state index < -0.39 is 53.8 Å². The van der Waals surface area contributed by atoms with Gasteiger partial charge in [0.25, 0.3) is 0 Å². The van der Waals surface area contributed by atoms with Crippen molar-refractivity contribution in [3.8, 4) is 11.5 Å². The van der Waals surface area contributed by atoms with Crippen molar-refractivity contribution in [2.24, 2.45) is 5.92 Å². The second kappa shape index (κ2) is 9.43. The molecular weight excluding hydrogens is 490 g/mol. The molecule has 2 aliphatic heterocycles. The van der Waals surface area contributed by atoms with E-state index in [1.165, 1.54) is 31.4 Å². The summed E-state index contributed by atoms with van der Waals surface area (Å²) in [6.45, 7) is -0.340. The van der Waals surface area contributed by atoms with E-state index in [-0.39, 0.29) is 49.7 Å². The summed E-state index contributed by atoms with van der Waals surface area (Å²) in [6, 6.07) is 7.43. The fraction of sp³-hybridized carbons (Fsp3) is 0.478. The van der Waals surface area contributed by atoms with E-state index >= 15 is 4.39 Å². The minimum absolute atomic E-state index is 0. The molecule has 0 amide bonds. The zero-order valence-electron chi connectivity index (χ0n) is 18.1. The first-order valence-corrected chi connectivity index (χ1v) is 13.8. The van der Waals surface area contributed by atoms with Crippen molar-refractivity contribution < 1.29 is 39.8 Å². The first kappa shape index (κ1) is 26.4. The molecule has 3 atom stereocenters. The number of halogens is 2. The van der Waals surface area contributed by atoms with Crippen molar-refractivity contribution in [1.82, 2.24) is 0 Å². The summed E-state index contributed by atoms with van der Waals surface area (Å²) < 4.78 is 96.3. The fourth-order valence-corrected chi connectivity index (χ4v) is 7.81. The highest BCUT2D eigenvalue weighted by Crippen LogP contribution is 2.55. The molecule has 2 aromatic carbocycles. The Morgan fingerprint density at radius 1 is 1.06 bits per heavy atom. The Kier molecular flexibility index (Phi) is 7.31. The third-order valence-corrected chi connectivity index (χ3v) is 9.90. The number of sulfone groups is 2. The van der Waals surface area contributed by atoms with E-state index in [2.05, 4.69) is 0 Å². The first-order valence-electron chi connectivity index (χ1n) is 10.3. The predicted molar refractivity (Wildman–Crippen MR) is 123 cm³/mol. The second-order valence-corrected chi connectivity index (χ2v) is 12.8. The average Bonchev–Trinajstić information content (AvgIpc) is 2.78. The summed E-state index contributed by atoms with van der Waals surface area (Å²) in [4.78, 5) is -0.0893. The van der Waals surface area contributed by atoms with Gasteiger partial charge in [-0.3, -0.25) is 0 Å². The molecule has 1 fully saturated rings. The average molecular weight is 519 g/mol. The highest BCUT2D eigenvalue weighted by Gasteiger charge is 2.61. The Labute approximate surface area is 198 Å². The molecule has 0 bridgehead atoms. The fourth-order valence-electron chi connectivity index (χ4n) is 4.81. The van der Waals surface area contributed by atoms with Gasteiger partial charge in [-0.15, -0.1) is 0 Å². The largest absolute Gasteiger partial charge is 0.497 e. The summed E-state index contributed by atoms with van der Waals surface area (Å²) in [5.74, 6) is -2.97. The number of hydrogen-bond acceptors (Lipinski definition) is 7. The molecule has 4 rings (SSSR count). The lowest BCUT2D eigenvalue weighted by Gasteiger charge is -2.50. The molecule has 0 saturated carbocycles. The first-order chi connectivity index (χ1) is 15.5. The predicted octanol–water partition coefficient (Wildman–Crippen LogP) is 3.51.